The molecule has 0 bridgehead atoms. The fraction of sp³-hybridized carbons (Fsp3) is 0.538. The molecule has 4 nitrogen and oxygen atoms in total. The zero-order valence-electron chi connectivity index (χ0n) is 10.3. The Morgan fingerprint density at radius 1 is 1.53 bits per heavy atom. The Labute approximate surface area is 102 Å². The zero-order chi connectivity index (χ0) is 12.3. The Balaban J connectivity index is 2.22. The third-order valence-electron chi connectivity index (χ3n) is 2.96. The summed E-state index contributed by atoms with van der Waals surface area (Å²) in [5, 5.41) is 12.5. The van der Waals surface area contributed by atoms with Crippen molar-refractivity contribution in [3.8, 4) is 6.07 Å². The number of nitrogens with one attached hydrogen (secondary N) is 1. The third kappa shape index (κ3) is 2.75. The van der Waals surface area contributed by atoms with E-state index in [1.807, 2.05) is 19.9 Å². The van der Waals surface area contributed by atoms with E-state index in [1.54, 1.807) is 0 Å². The molecule has 1 aromatic rings. The first-order chi connectivity index (χ1) is 8.20. The van der Waals surface area contributed by atoms with Crippen molar-refractivity contribution in [1.29, 1.82) is 5.26 Å². The van der Waals surface area contributed by atoms with Gasteiger partial charge in [0.25, 0.3) is 0 Å². The Kier molecular flexibility index (Phi) is 3.60. The highest BCUT2D eigenvalue weighted by Crippen LogP contribution is 2.20. The van der Waals surface area contributed by atoms with Crippen LogP contribution in [0.4, 0.5) is 5.82 Å². The number of aromatic nitrogens is 1. The molecule has 1 aromatic heterocycles. The lowest BCUT2D eigenvalue weighted by Crippen LogP contribution is -2.30. The van der Waals surface area contributed by atoms with Gasteiger partial charge in [-0.3, -0.25) is 0 Å². The minimum absolute atomic E-state index is 0.268. The van der Waals surface area contributed by atoms with Gasteiger partial charge in [0, 0.05) is 12.3 Å². The molecular weight excluding hydrogens is 214 g/mol. The van der Waals surface area contributed by atoms with Crippen LogP contribution >= 0.6 is 0 Å². The second-order valence-corrected chi connectivity index (χ2v) is 4.47. The molecule has 0 spiro atoms. The summed E-state index contributed by atoms with van der Waals surface area (Å²) in [6.07, 6.45) is 2.13. The molecule has 0 saturated carbocycles. The van der Waals surface area contributed by atoms with E-state index in [4.69, 9.17) is 10.00 Å². The smallest absolute Gasteiger partial charge is 0.144 e. The Morgan fingerprint density at radius 3 is 3.00 bits per heavy atom. The molecule has 1 fully saturated rings. The number of anilines is 1. The van der Waals surface area contributed by atoms with Gasteiger partial charge in [-0.25, -0.2) is 4.98 Å². The number of nitriles is 1. The first-order valence-electron chi connectivity index (χ1n) is 5.93. The largest absolute Gasteiger partial charge is 0.379 e. The van der Waals surface area contributed by atoms with Gasteiger partial charge in [-0.2, -0.15) is 5.26 Å². The van der Waals surface area contributed by atoms with Gasteiger partial charge in [-0.05, 0) is 38.3 Å². The summed E-state index contributed by atoms with van der Waals surface area (Å²) in [5.74, 6) is 0.695. The molecule has 1 aliphatic heterocycles. The first-order valence-corrected chi connectivity index (χ1v) is 5.93. The Morgan fingerprint density at radius 2 is 2.35 bits per heavy atom. The molecule has 1 aliphatic rings. The van der Waals surface area contributed by atoms with E-state index in [0.717, 1.165) is 30.7 Å². The summed E-state index contributed by atoms with van der Waals surface area (Å²) in [7, 11) is 0. The van der Waals surface area contributed by atoms with Crippen molar-refractivity contribution < 1.29 is 4.74 Å². The molecule has 2 rings (SSSR count). The zero-order valence-corrected chi connectivity index (χ0v) is 10.3. The highest BCUT2D eigenvalue weighted by Gasteiger charge is 2.16. The van der Waals surface area contributed by atoms with Crippen LogP contribution in [0.3, 0.4) is 0 Å². The Bertz CT molecular complexity index is 445. The summed E-state index contributed by atoms with van der Waals surface area (Å²) >= 11 is 0. The van der Waals surface area contributed by atoms with E-state index < -0.39 is 0 Å². The summed E-state index contributed by atoms with van der Waals surface area (Å²) in [5.41, 5.74) is 2.54. The summed E-state index contributed by atoms with van der Waals surface area (Å²) in [6.45, 7) is 5.41. The van der Waals surface area contributed by atoms with Gasteiger partial charge in [0.15, 0.2) is 0 Å². The van der Waals surface area contributed by atoms with Crippen LogP contribution in [0.2, 0.25) is 0 Å². The molecule has 1 atom stereocenters. The SMILES string of the molecule is Cc1cc(C)c(C#N)c(NC2CCCOC2)n1. The summed E-state index contributed by atoms with van der Waals surface area (Å²) in [4.78, 5) is 4.41. The fourth-order valence-electron chi connectivity index (χ4n) is 2.13. The predicted octanol–water partition coefficient (Wildman–Crippen LogP) is 2.16. The van der Waals surface area contributed by atoms with Crippen LogP contribution in [-0.4, -0.2) is 24.2 Å². The van der Waals surface area contributed by atoms with E-state index in [0.29, 0.717) is 18.0 Å². The predicted molar refractivity (Wildman–Crippen MR) is 65.9 cm³/mol. The van der Waals surface area contributed by atoms with Crippen LogP contribution < -0.4 is 5.32 Å². The highest BCUT2D eigenvalue weighted by molar-refractivity contribution is 5.56. The number of aryl methyl sites for hydroxylation is 2. The average Bonchev–Trinajstić information content (AvgIpc) is 2.30. The van der Waals surface area contributed by atoms with Crippen molar-refractivity contribution in [3.05, 3.63) is 22.9 Å². The third-order valence-corrected chi connectivity index (χ3v) is 2.96. The van der Waals surface area contributed by atoms with Gasteiger partial charge in [0.05, 0.1) is 18.2 Å². The number of ether oxygens (including phenoxy) is 1. The van der Waals surface area contributed by atoms with E-state index in [9.17, 15) is 0 Å². The minimum atomic E-state index is 0.268. The van der Waals surface area contributed by atoms with Gasteiger partial charge < -0.3 is 10.1 Å². The lowest BCUT2D eigenvalue weighted by molar-refractivity contribution is 0.0875. The maximum Gasteiger partial charge on any atom is 0.144 e. The maximum atomic E-state index is 9.16. The van der Waals surface area contributed by atoms with Gasteiger partial charge in [-0.15, -0.1) is 0 Å². The average molecular weight is 231 g/mol. The molecule has 90 valence electrons. The van der Waals surface area contributed by atoms with Crippen LogP contribution in [0.1, 0.15) is 29.7 Å². The normalized spacial score (nSPS) is 19.7. The molecule has 2 heterocycles. The molecule has 17 heavy (non-hydrogen) atoms. The second-order valence-electron chi connectivity index (χ2n) is 4.47. The van der Waals surface area contributed by atoms with Crippen LogP contribution in [0, 0.1) is 25.2 Å². The minimum Gasteiger partial charge on any atom is -0.379 e. The fourth-order valence-corrected chi connectivity index (χ4v) is 2.13. The van der Waals surface area contributed by atoms with E-state index in [2.05, 4.69) is 16.4 Å². The van der Waals surface area contributed by atoms with Crippen molar-refractivity contribution in [2.45, 2.75) is 32.7 Å². The van der Waals surface area contributed by atoms with E-state index >= 15 is 0 Å². The number of pyridine rings is 1. The number of hydrogen-bond donors (Lipinski definition) is 1. The van der Waals surface area contributed by atoms with Crippen LogP contribution in [-0.2, 0) is 4.74 Å². The molecular formula is C13H17N3O. The summed E-state index contributed by atoms with van der Waals surface area (Å²) < 4.78 is 5.42. The molecule has 0 amide bonds. The molecule has 0 aromatic carbocycles. The summed E-state index contributed by atoms with van der Waals surface area (Å²) in [6, 6.07) is 4.41. The maximum absolute atomic E-state index is 9.16. The molecule has 1 N–H and O–H groups in total. The Hall–Kier alpha value is -1.60. The van der Waals surface area contributed by atoms with Gasteiger partial charge >= 0.3 is 0 Å². The van der Waals surface area contributed by atoms with Crippen molar-refractivity contribution in [2.24, 2.45) is 0 Å². The van der Waals surface area contributed by atoms with E-state index in [1.165, 1.54) is 0 Å². The van der Waals surface area contributed by atoms with Crippen molar-refractivity contribution >= 4 is 5.82 Å². The lowest BCUT2D eigenvalue weighted by atomic mass is 10.1. The van der Waals surface area contributed by atoms with Gasteiger partial charge in [0.2, 0.25) is 0 Å². The van der Waals surface area contributed by atoms with Gasteiger partial charge in [0.1, 0.15) is 11.9 Å². The monoisotopic (exact) mass is 231 g/mol. The van der Waals surface area contributed by atoms with Crippen LogP contribution in [0.25, 0.3) is 0 Å². The number of hydrogen-bond acceptors (Lipinski definition) is 4. The van der Waals surface area contributed by atoms with Crippen LogP contribution in [0.5, 0.6) is 0 Å². The van der Waals surface area contributed by atoms with Crippen LogP contribution in [0.15, 0.2) is 6.07 Å². The molecule has 0 aliphatic carbocycles. The number of rotatable bonds is 2. The molecule has 4 heteroatoms. The van der Waals surface area contributed by atoms with Crippen molar-refractivity contribution in [1.82, 2.24) is 4.98 Å². The molecule has 1 unspecified atom stereocenters. The highest BCUT2D eigenvalue weighted by atomic mass is 16.5. The second kappa shape index (κ2) is 5.15. The van der Waals surface area contributed by atoms with Crippen molar-refractivity contribution in [2.75, 3.05) is 18.5 Å². The lowest BCUT2D eigenvalue weighted by Gasteiger charge is -2.24. The molecule has 1 saturated heterocycles. The topological polar surface area (TPSA) is 57.9 Å². The van der Waals surface area contributed by atoms with E-state index in [-0.39, 0.29) is 6.04 Å². The standard InChI is InChI=1S/C13H17N3O/c1-9-6-10(2)15-13(12(9)7-14)16-11-4-3-5-17-8-11/h6,11H,3-5,8H2,1-2H3,(H,15,16). The quantitative estimate of drug-likeness (QED) is 0.847. The van der Waals surface area contributed by atoms with Crippen molar-refractivity contribution in [3.63, 3.8) is 0 Å². The molecule has 0 radical (unpaired) electrons. The number of nitrogens with zero attached hydrogens (tertiary/aromatic N) is 2. The first kappa shape index (κ1) is 11.9. The van der Waals surface area contributed by atoms with Gasteiger partial charge in [-0.1, -0.05) is 0 Å².